The molecule has 3 heteroatoms. The number of likely N-dealkylation sites (N-methyl/N-ethyl adjacent to an activating group) is 1. The summed E-state index contributed by atoms with van der Waals surface area (Å²) in [5, 5.41) is 0. The van der Waals surface area contributed by atoms with Crippen LogP contribution in [0.5, 0.6) is 0 Å². The average Bonchev–Trinajstić information content (AvgIpc) is 2.97. The number of hydrogen-bond donors (Lipinski definition) is 1. The highest BCUT2D eigenvalue weighted by atomic mass is 32.1. The number of rotatable bonds is 1. The molecule has 0 spiro atoms. The minimum absolute atomic E-state index is 0. The molecule has 0 aromatic carbocycles. The van der Waals surface area contributed by atoms with Gasteiger partial charge in [-0.2, -0.15) is 12.6 Å². The van der Waals surface area contributed by atoms with E-state index in [1.165, 1.54) is 11.3 Å². The summed E-state index contributed by atoms with van der Waals surface area (Å²) in [6.07, 6.45) is 13.4. The molecule has 2 rings (SSSR count). The summed E-state index contributed by atoms with van der Waals surface area (Å²) in [5.41, 5.74) is 3.56. The molecule has 0 amide bonds. The minimum Gasteiger partial charge on any atom is -0.472 e. The highest BCUT2D eigenvalue weighted by Crippen LogP contribution is 2.23. The maximum atomic E-state index is 5.07. The zero-order chi connectivity index (χ0) is 14.0. The van der Waals surface area contributed by atoms with Crippen LogP contribution in [-0.4, -0.2) is 18.2 Å². The third kappa shape index (κ3) is 5.88. The summed E-state index contributed by atoms with van der Waals surface area (Å²) < 4.78 is 5.07. The molecule has 1 aromatic heterocycles. The number of allylic oxidation sites excluding steroid dienone is 4. The van der Waals surface area contributed by atoms with Gasteiger partial charge in [0.05, 0.1) is 12.5 Å². The molecular weight excluding hydrogens is 254 g/mol. The first-order valence-corrected chi connectivity index (χ1v) is 6.94. The van der Waals surface area contributed by atoms with Crippen molar-refractivity contribution in [3.05, 3.63) is 54.3 Å². The molecule has 0 fully saturated rings. The molecule has 0 saturated carbocycles. The summed E-state index contributed by atoms with van der Waals surface area (Å²) >= 11 is 3.53. The van der Waals surface area contributed by atoms with Crippen molar-refractivity contribution in [3.63, 3.8) is 0 Å². The lowest BCUT2D eigenvalue weighted by Crippen LogP contribution is -2.11. The van der Waals surface area contributed by atoms with Gasteiger partial charge < -0.3 is 9.32 Å². The molecule has 0 unspecified atom stereocenters. The van der Waals surface area contributed by atoms with E-state index in [1.807, 2.05) is 45.3 Å². The van der Waals surface area contributed by atoms with Crippen molar-refractivity contribution in [2.24, 2.45) is 0 Å². The molecule has 1 aliphatic rings. The fourth-order valence-electron chi connectivity index (χ4n) is 1.54. The number of hydrogen-bond acceptors (Lipinski definition) is 3. The zero-order valence-corrected chi connectivity index (χ0v) is 12.7. The Hall–Kier alpha value is -1.35. The quantitative estimate of drug-likeness (QED) is 0.709. The molecule has 0 saturated heterocycles. The Balaban J connectivity index is 0. The van der Waals surface area contributed by atoms with E-state index in [2.05, 4.69) is 30.5 Å². The number of nitrogens with zero attached hydrogens (tertiary/aromatic N) is 1. The monoisotopic (exact) mass is 281 g/mol. The van der Waals surface area contributed by atoms with Gasteiger partial charge in [0.25, 0.3) is 0 Å². The summed E-state index contributed by atoms with van der Waals surface area (Å²) in [7, 11) is 2.04. The van der Waals surface area contributed by atoms with Gasteiger partial charge in [0, 0.05) is 24.5 Å². The smallest absolute Gasteiger partial charge is 0.0978 e. The molecule has 2 nitrogen and oxygen atoms in total. The molecule has 1 aliphatic heterocycles. The first-order valence-electron chi connectivity index (χ1n) is 6.05. The van der Waals surface area contributed by atoms with Crippen molar-refractivity contribution < 1.29 is 4.42 Å². The Kier molecular flexibility index (Phi) is 12.3. The van der Waals surface area contributed by atoms with Gasteiger partial charge in [-0.3, -0.25) is 0 Å². The van der Waals surface area contributed by atoms with Crippen LogP contribution in [0.15, 0.2) is 53.1 Å². The lowest BCUT2D eigenvalue weighted by Gasteiger charge is -2.20. The van der Waals surface area contributed by atoms with Gasteiger partial charge in [0.2, 0.25) is 0 Å². The van der Waals surface area contributed by atoms with Crippen molar-refractivity contribution in [2.45, 2.75) is 28.2 Å². The van der Waals surface area contributed by atoms with Crippen LogP contribution >= 0.6 is 12.6 Å². The molecule has 1 aromatic rings. The molecular formula is C16H27NOS. The third-order valence-corrected chi connectivity index (χ3v) is 2.39. The Morgan fingerprint density at radius 2 is 1.84 bits per heavy atom. The van der Waals surface area contributed by atoms with Crippen LogP contribution in [0.2, 0.25) is 0 Å². The summed E-state index contributed by atoms with van der Waals surface area (Å²) in [5.74, 6) is 0. The first kappa shape index (κ1) is 20.0. The van der Waals surface area contributed by atoms with E-state index in [0.29, 0.717) is 0 Å². The lowest BCUT2D eigenvalue weighted by molar-refractivity contribution is 0.565. The predicted molar refractivity (Wildman–Crippen MR) is 90.3 cm³/mol. The molecule has 108 valence electrons. The van der Waals surface area contributed by atoms with Crippen LogP contribution in [0.25, 0.3) is 5.57 Å². The van der Waals surface area contributed by atoms with Crippen molar-refractivity contribution in [2.75, 3.05) is 13.3 Å². The molecule has 0 N–H and O–H groups in total. The Morgan fingerprint density at radius 1 is 1.21 bits per heavy atom. The van der Waals surface area contributed by atoms with Crippen LogP contribution in [0, 0.1) is 0 Å². The Morgan fingerprint density at radius 3 is 2.32 bits per heavy atom. The number of furan rings is 1. The lowest BCUT2D eigenvalue weighted by atomic mass is 10.1. The van der Waals surface area contributed by atoms with E-state index >= 15 is 0 Å². The van der Waals surface area contributed by atoms with Gasteiger partial charge >= 0.3 is 0 Å². The second kappa shape index (κ2) is 11.7. The largest absolute Gasteiger partial charge is 0.472 e. The second-order valence-electron chi connectivity index (χ2n) is 3.33. The maximum Gasteiger partial charge on any atom is 0.0978 e. The maximum absolute atomic E-state index is 5.07. The minimum atomic E-state index is 0. The van der Waals surface area contributed by atoms with E-state index in [9.17, 15) is 0 Å². The van der Waals surface area contributed by atoms with Crippen LogP contribution in [-0.2, 0) is 0 Å². The van der Waals surface area contributed by atoms with Gasteiger partial charge in [-0.1, -0.05) is 27.4 Å². The van der Waals surface area contributed by atoms with E-state index < -0.39 is 0 Å². The van der Waals surface area contributed by atoms with Gasteiger partial charge in [0.15, 0.2) is 0 Å². The van der Waals surface area contributed by atoms with Gasteiger partial charge in [-0.15, -0.1) is 0 Å². The number of thiol groups is 1. The topological polar surface area (TPSA) is 16.4 Å². The molecule has 19 heavy (non-hydrogen) atoms. The van der Waals surface area contributed by atoms with Crippen LogP contribution in [0.4, 0.5) is 0 Å². The van der Waals surface area contributed by atoms with Gasteiger partial charge in [-0.25, -0.2) is 0 Å². The first-order chi connectivity index (χ1) is 8.79. The van der Waals surface area contributed by atoms with Crippen molar-refractivity contribution in [1.82, 2.24) is 4.90 Å². The van der Waals surface area contributed by atoms with E-state index in [4.69, 9.17) is 4.42 Å². The fourth-order valence-corrected chi connectivity index (χ4v) is 1.54. The molecule has 0 radical (unpaired) electrons. The standard InChI is InChI=1S/C12H13NO.C2H6.CH4S.CH4/c1-10(11-6-8-14-9-11)12-5-3-4-7-13(12)2;2*1-2;/h3-9H,1-2H3;1-2H3;2H,1H3;1H4/b12-10+;;;. The molecule has 0 aliphatic carbocycles. The fraction of sp³-hybridized carbons (Fsp3) is 0.375. The van der Waals surface area contributed by atoms with Crippen LogP contribution < -0.4 is 0 Å². The second-order valence-corrected chi connectivity index (χ2v) is 3.33. The van der Waals surface area contributed by atoms with Crippen molar-refractivity contribution in [3.8, 4) is 0 Å². The molecule has 2 heterocycles. The SMILES string of the molecule is C.C/C(=C1/C=CC=CN1C)c1ccoc1.CC.CS. The average molecular weight is 281 g/mol. The molecule has 0 atom stereocenters. The van der Waals surface area contributed by atoms with E-state index in [0.717, 1.165) is 5.56 Å². The summed E-state index contributed by atoms with van der Waals surface area (Å²) in [6.45, 7) is 6.10. The van der Waals surface area contributed by atoms with Crippen LogP contribution in [0.3, 0.4) is 0 Å². The van der Waals surface area contributed by atoms with Crippen LogP contribution in [0.1, 0.15) is 33.8 Å². The van der Waals surface area contributed by atoms with Crippen molar-refractivity contribution >= 4 is 18.2 Å². The van der Waals surface area contributed by atoms with Gasteiger partial charge in [0.1, 0.15) is 0 Å². The third-order valence-electron chi connectivity index (χ3n) is 2.39. The summed E-state index contributed by atoms with van der Waals surface area (Å²) in [6, 6.07) is 1.97. The highest BCUT2D eigenvalue weighted by molar-refractivity contribution is 7.79. The Bertz CT molecular complexity index is 402. The van der Waals surface area contributed by atoms with Gasteiger partial charge in [-0.05, 0) is 37.0 Å². The van der Waals surface area contributed by atoms with E-state index in [1.54, 1.807) is 18.8 Å². The predicted octanol–water partition coefficient (Wildman–Crippen LogP) is 5.23. The Labute approximate surface area is 123 Å². The van der Waals surface area contributed by atoms with Crippen molar-refractivity contribution in [1.29, 1.82) is 0 Å². The summed E-state index contributed by atoms with van der Waals surface area (Å²) in [4.78, 5) is 2.10. The highest BCUT2D eigenvalue weighted by Gasteiger charge is 2.07. The van der Waals surface area contributed by atoms with E-state index in [-0.39, 0.29) is 7.43 Å². The normalized spacial score (nSPS) is 14.5. The zero-order valence-electron chi connectivity index (χ0n) is 11.8. The molecule has 0 bridgehead atoms.